The van der Waals surface area contributed by atoms with Crippen LogP contribution >= 0.6 is 0 Å². The zero-order valence-electron chi connectivity index (χ0n) is 11.8. The summed E-state index contributed by atoms with van der Waals surface area (Å²) in [6, 6.07) is 8.76. The van der Waals surface area contributed by atoms with E-state index in [1.54, 1.807) is 29.2 Å². The minimum Gasteiger partial charge on any atom is -0.312 e. The standard InChI is InChI=1S/C15H13N5O2/c16-8-14-17-10-19(18-14)9-13(21)11-3-5-12(6-4-11)20-7-1-2-15(20)22/h3-6,10H,1-2,7,9H2. The lowest BCUT2D eigenvalue weighted by atomic mass is 10.1. The minimum absolute atomic E-state index is 0.0245. The molecule has 3 rings (SSSR count). The summed E-state index contributed by atoms with van der Waals surface area (Å²) in [6.07, 6.45) is 2.80. The molecule has 1 aromatic carbocycles. The molecule has 0 radical (unpaired) electrons. The van der Waals surface area contributed by atoms with E-state index in [0.717, 1.165) is 18.7 Å². The molecule has 1 fully saturated rings. The molecule has 110 valence electrons. The van der Waals surface area contributed by atoms with Crippen LogP contribution in [0.25, 0.3) is 0 Å². The Kier molecular flexibility index (Phi) is 3.66. The predicted octanol–water partition coefficient (Wildman–Crippen LogP) is 1.16. The number of benzene rings is 1. The van der Waals surface area contributed by atoms with Crippen LogP contribution in [0.5, 0.6) is 0 Å². The van der Waals surface area contributed by atoms with E-state index in [1.807, 2.05) is 6.07 Å². The Bertz CT molecular complexity index is 757. The van der Waals surface area contributed by atoms with E-state index in [2.05, 4.69) is 10.1 Å². The van der Waals surface area contributed by atoms with Crippen LogP contribution in [0.15, 0.2) is 30.6 Å². The van der Waals surface area contributed by atoms with E-state index >= 15 is 0 Å². The molecule has 1 aliphatic heterocycles. The van der Waals surface area contributed by atoms with E-state index in [-0.39, 0.29) is 24.1 Å². The number of nitriles is 1. The van der Waals surface area contributed by atoms with Gasteiger partial charge in [-0.15, -0.1) is 5.10 Å². The number of amides is 1. The summed E-state index contributed by atoms with van der Waals surface area (Å²) in [5.41, 5.74) is 1.34. The normalized spacial score (nSPS) is 14.1. The molecule has 1 aromatic heterocycles. The Hall–Kier alpha value is -3.01. The maximum Gasteiger partial charge on any atom is 0.252 e. The summed E-state index contributed by atoms with van der Waals surface area (Å²) >= 11 is 0. The molecular weight excluding hydrogens is 282 g/mol. The van der Waals surface area contributed by atoms with Crippen molar-refractivity contribution in [1.82, 2.24) is 14.8 Å². The van der Waals surface area contributed by atoms with E-state index in [0.29, 0.717) is 12.0 Å². The lowest BCUT2D eigenvalue weighted by molar-refractivity contribution is -0.117. The first-order chi connectivity index (χ1) is 10.7. The monoisotopic (exact) mass is 295 g/mol. The summed E-state index contributed by atoms with van der Waals surface area (Å²) in [5.74, 6) is 0.0232. The molecule has 0 bridgehead atoms. The first-order valence-electron chi connectivity index (χ1n) is 6.90. The van der Waals surface area contributed by atoms with Crippen molar-refractivity contribution >= 4 is 17.4 Å². The SMILES string of the molecule is N#Cc1ncn(CC(=O)c2ccc(N3CCCC3=O)cc2)n1. The molecule has 0 unspecified atom stereocenters. The number of nitrogens with zero attached hydrogens (tertiary/aromatic N) is 5. The third-order valence-corrected chi connectivity index (χ3v) is 3.52. The van der Waals surface area contributed by atoms with Crippen LogP contribution < -0.4 is 4.90 Å². The number of Topliss-reactive ketones (excluding diaryl/α,β-unsaturated/α-hetero) is 1. The maximum absolute atomic E-state index is 12.2. The summed E-state index contributed by atoms with van der Waals surface area (Å²) in [7, 11) is 0. The molecule has 2 heterocycles. The molecule has 7 heteroatoms. The zero-order valence-corrected chi connectivity index (χ0v) is 11.8. The second-order valence-corrected chi connectivity index (χ2v) is 5.00. The summed E-state index contributed by atoms with van der Waals surface area (Å²) in [5, 5.41) is 12.5. The van der Waals surface area contributed by atoms with Crippen LogP contribution in [0, 0.1) is 11.3 Å². The van der Waals surface area contributed by atoms with Crippen molar-refractivity contribution in [1.29, 1.82) is 5.26 Å². The van der Waals surface area contributed by atoms with Gasteiger partial charge < -0.3 is 4.90 Å². The Labute approximate surface area is 126 Å². The largest absolute Gasteiger partial charge is 0.312 e. The lowest BCUT2D eigenvalue weighted by Crippen LogP contribution is -2.23. The Morgan fingerprint density at radius 1 is 1.32 bits per heavy atom. The number of hydrogen-bond acceptors (Lipinski definition) is 5. The highest BCUT2D eigenvalue weighted by Crippen LogP contribution is 2.21. The van der Waals surface area contributed by atoms with Gasteiger partial charge in [0.25, 0.3) is 5.82 Å². The number of aromatic nitrogens is 3. The average molecular weight is 295 g/mol. The van der Waals surface area contributed by atoms with Crippen LogP contribution in [0.2, 0.25) is 0 Å². The molecule has 0 aliphatic carbocycles. The summed E-state index contributed by atoms with van der Waals surface area (Å²) in [4.78, 5) is 29.3. The number of rotatable bonds is 4. The molecule has 0 spiro atoms. The van der Waals surface area contributed by atoms with Crippen molar-refractivity contribution < 1.29 is 9.59 Å². The van der Waals surface area contributed by atoms with Crippen LogP contribution in [0.3, 0.4) is 0 Å². The molecule has 0 saturated carbocycles. The van der Waals surface area contributed by atoms with Gasteiger partial charge in [0.15, 0.2) is 5.78 Å². The van der Waals surface area contributed by atoms with Crippen LogP contribution in [0.1, 0.15) is 29.0 Å². The second kappa shape index (κ2) is 5.77. The van der Waals surface area contributed by atoms with Gasteiger partial charge in [0.2, 0.25) is 5.91 Å². The van der Waals surface area contributed by atoms with Gasteiger partial charge in [-0.3, -0.25) is 9.59 Å². The van der Waals surface area contributed by atoms with Crippen molar-refractivity contribution in [3.8, 4) is 6.07 Å². The van der Waals surface area contributed by atoms with Crippen LogP contribution in [-0.4, -0.2) is 33.0 Å². The van der Waals surface area contributed by atoms with Crippen LogP contribution in [-0.2, 0) is 11.3 Å². The highest BCUT2D eigenvalue weighted by molar-refractivity contribution is 5.98. The highest BCUT2D eigenvalue weighted by Gasteiger charge is 2.21. The number of carbonyl (C=O) groups is 2. The fourth-order valence-corrected chi connectivity index (χ4v) is 2.41. The van der Waals surface area contributed by atoms with Gasteiger partial charge in [-0.05, 0) is 30.7 Å². The van der Waals surface area contributed by atoms with Crippen molar-refractivity contribution in [2.24, 2.45) is 0 Å². The van der Waals surface area contributed by atoms with Crippen LogP contribution in [0.4, 0.5) is 5.69 Å². The van der Waals surface area contributed by atoms with E-state index in [1.165, 1.54) is 11.0 Å². The van der Waals surface area contributed by atoms with Crippen molar-refractivity contribution in [2.45, 2.75) is 19.4 Å². The first-order valence-corrected chi connectivity index (χ1v) is 6.90. The first kappa shape index (κ1) is 13.9. The fraction of sp³-hybridized carbons (Fsp3) is 0.267. The van der Waals surface area contributed by atoms with Crippen molar-refractivity contribution in [2.75, 3.05) is 11.4 Å². The molecule has 1 saturated heterocycles. The topological polar surface area (TPSA) is 91.9 Å². The van der Waals surface area contributed by atoms with Gasteiger partial charge in [0, 0.05) is 24.2 Å². The number of hydrogen-bond donors (Lipinski definition) is 0. The smallest absolute Gasteiger partial charge is 0.252 e. The number of carbonyl (C=O) groups excluding carboxylic acids is 2. The molecule has 1 aliphatic rings. The minimum atomic E-state index is -0.131. The number of ketones is 1. The Morgan fingerprint density at radius 3 is 2.68 bits per heavy atom. The van der Waals surface area contributed by atoms with Gasteiger partial charge >= 0.3 is 0 Å². The molecule has 0 N–H and O–H groups in total. The van der Waals surface area contributed by atoms with Crippen molar-refractivity contribution in [3.05, 3.63) is 42.0 Å². The highest BCUT2D eigenvalue weighted by atomic mass is 16.2. The van der Waals surface area contributed by atoms with E-state index in [9.17, 15) is 9.59 Å². The van der Waals surface area contributed by atoms with E-state index < -0.39 is 0 Å². The molecule has 7 nitrogen and oxygen atoms in total. The third kappa shape index (κ3) is 2.72. The maximum atomic E-state index is 12.2. The van der Waals surface area contributed by atoms with Gasteiger partial charge in [0.1, 0.15) is 18.9 Å². The van der Waals surface area contributed by atoms with Gasteiger partial charge in [0.05, 0.1) is 0 Å². The van der Waals surface area contributed by atoms with Crippen molar-refractivity contribution in [3.63, 3.8) is 0 Å². The molecule has 2 aromatic rings. The van der Waals surface area contributed by atoms with Gasteiger partial charge in [-0.25, -0.2) is 9.67 Å². The Balaban J connectivity index is 1.71. The second-order valence-electron chi connectivity index (χ2n) is 5.00. The Morgan fingerprint density at radius 2 is 2.09 bits per heavy atom. The predicted molar refractivity (Wildman–Crippen MR) is 77.1 cm³/mol. The molecule has 0 atom stereocenters. The van der Waals surface area contributed by atoms with Gasteiger partial charge in [-0.2, -0.15) is 5.26 Å². The summed E-state index contributed by atoms with van der Waals surface area (Å²) < 4.78 is 1.33. The van der Waals surface area contributed by atoms with Gasteiger partial charge in [-0.1, -0.05) is 0 Å². The molecular formula is C15H13N5O2. The zero-order chi connectivity index (χ0) is 15.5. The fourth-order valence-electron chi connectivity index (χ4n) is 2.41. The average Bonchev–Trinajstić information content (AvgIpc) is 3.16. The number of anilines is 1. The third-order valence-electron chi connectivity index (χ3n) is 3.52. The molecule has 22 heavy (non-hydrogen) atoms. The summed E-state index contributed by atoms with van der Waals surface area (Å²) in [6.45, 7) is 0.749. The lowest BCUT2D eigenvalue weighted by Gasteiger charge is -2.15. The molecule has 1 amide bonds. The quantitative estimate of drug-likeness (QED) is 0.789. The van der Waals surface area contributed by atoms with E-state index in [4.69, 9.17) is 5.26 Å².